The van der Waals surface area contributed by atoms with Crippen molar-refractivity contribution in [3.63, 3.8) is 0 Å². The summed E-state index contributed by atoms with van der Waals surface area (Å²) >= 11 is 0. The van der Waals surface area contributed by atoms with E-state index in [0.29, 0.717) is 6.54 Å². The number of hydrogen-bond donors (Lipinski definition) is 1. The third-order valence-electron chi connectivity index (χ3n) is 5.92. The molecule has 0 atom stereocenters. The summed E-state index contributed by atoms with van der Waals surface area (Å²) in [5.41, 5.74) is 3.65. The molecule has 0 saturated carbocycles. The Labute approximate surface area is 166 Å². The minimum absolute atomic E-state index is 0.105. The molecule has 1 saturated heterocycles. The number of aliphatic imine (C=N–C) groups is 1. The molecule has 0 aliphatic carbocycles. The minimum atomic E-state index is -0.198. The van der Waals surface area contributed by atoms with E-state index in [-0.39, 0.29) is 11.2 Å². The molecule has 0 aromatic heterocycles. The van der Waals surface area contributed by atoms with Crippen molar-refractivity contribution >= 4 is 11.6 Å². The number of nitrogens with one attached hydrogen (secondary N) is 1. The maximum Gasteiger partial charge on any atom is 0.198 e. The van der Waals surface area contributed by atoms with Crippen LogP contribution in [0.25, 0.3) is 0 Å². The molecule has 0 radical (unpaired) electrons. The number of fused-ring (bicyclic) bond motifs is 1. The summed E-state index contributed by atoms with van der Waals surface area (Å²) in [7, 11) is 0. The van der Waals surface area contributed by atoms with Gasteiger partial charge in [0, 0.05) is 37.4 Å². The standard InChI is InChI=1S/C23H28FN3O/c1-2-25-22(27-14-11-18-5-3-4-6-21(18)27)26-17-23(12-15-28-16-13-23)19-7-9-20(24)10-8-19/h3-10H,2,11-17H2,1H3,(H,25,26). The SMILES string of the molecule is CCNC(=NCC1(c2ccc(F)cc2)CCOCC1)N1CCc2ccccc21. The highest BCUT2D eigenvalue weighted by Crippen LogP contribution is 2.36. The molecule has 2 aliphatic rings. The zero-order valence-corrected chi connectivity index (χ0v) is 16.5. The number of guanidine groups is 1. The number of rotatable bonds is 4. The number of hydrogen-bond acceptors (Lipinski definition) is 2. The smallest absolute Gasteiger partial charge is 0.198 e. The van der Waals surface area contributed by atoms with Gasteiger partial charge in [-0.15, -0.1) is 0 Å². The van der Waals surface area contributed by atoms with Crippen molar-refractivity contribution in [1.82, 2.24) is 5.32 Å². The Morgan fingerprint density at radius 1 is 1.14 bits per heavy atom. The first-order valence-corrected chi connectivity index (χ1v) is 10.2. The molecule has 5 heteroatoms. The van der Waals surface area contributed by atoms with Gasteiger partial charge in [-0.1, -0.05) is 30.3 Å². The van der Waals surface area contributed by atoms with Gasteiger partial charge in [-0.3, -0.25) is 4.99 Å². The summed E-state index contributed by atoms with van der Waals surface area (Å²) in [6.45, 7) is 5.97. The monoisotopic (exact) mass is 381 g/mol. The predicted molar refractivity (Wildman–Crippen MR) is 112 cm³/mol. The fourth-order valence-corrected chi connectivity index (χ4v) is 4.28. The highest BCUT2D eigenvalue weighted by atomic mass is 19.1. The number of halogens is 1. The van der Waals surface area contributed by atoms with Gasteiger partial charge in [-0.25, -0.2) is 4.39 Å². The zero-order valence-electron chi connectivity index (χ0n) is 16.5. The average Bonchev–Trinajstić information content (AvgIpc) is 3.16. The van der Waals surface area contributed by atoms with E-state index in [1.54, 1.807) is 12.1 Å². The van der Waals surface area contributed by atoms with Crippen LogP contribution in [0.2, 0.25) is 0 Å². The number of anilines is 1. The number of benzene rings is 2. The molecule has 2 aromatic rings. The molecule has 2 heterocycles. The highest BCUT2D eigenvalue weighted by Gasteiger charge is 2.35. The second-order valence-electron chi connectivity index (χ2n) is 7.60. The second kappa shape index (κ2) is 8.31. The predicted octanol–water partition coefficient (Wildman–Crippen LogP) is 3.90. The molecule has 0 amide bonds. The maximum atomic E-state index is 13.5. The van der Waals surface area contributed by atoms with Gasteiger partial charge in [0.2, 0.25) is 0 Å². The summed E-state index contributed by atoms with van der Waals surface area (Å²) < 4.78 is 19.1. The Bertz CT molecular complexity index is 828. The molecule has 4 nitrogen and oxygen atoms in total. The number of nitrogens with zero attached hydrogens (tertiary/aromatic N) is 2. The summed E-state index contributed by atoms with van der Waals surface area (Å²) in [6.07, 6.45) is 2.84. The summed E-state index contributed by atoms with van der Waals surface area (Å²) in [5, 5.41) is 3.47. The van der Waals surface area contributed by atoms with Gasteiger partial charge in [0.25, 0.3) is 0 Å². The van der Waals surface area contributed by atoms with Crippen molar-refractivity contribution < 1.29 is 9.13 Å². The molecular formula is C23H28FN3O. The van der Waals surface area contributed by atoms with Crippen LogP contribution in [0.4, 0.5) is 10.1 Å². The van der Waals surface area contributed by atoms with Crippen molar-refractivity contribution in [3.8, 4) is 0 Å². The Balaban J connectivity index is 1.63. The highest BCUT2D eigenvalue weighted by molar-refractivity contribution is 5.98. The van der Waals surface area contributed by atoms with Gasteiger partial charge < -0.3 is 15.0 Å². The van der Waals surface area contributed by atoms with Gasteiger partial charge in [-0.05, 0) is 55.5 Å². The molecule has 2 aromatic carbocycles. The maximum absolute atomic E-state index is 13.5. The molecule has 28 heavy (non-hydrogen) atoms. The van der Waals surface area contributed by atoms with Gasteiger partial charge in [0.05, 0.1) is 6.54 Å². The van der Waals surface area contributed by atoms with Gasteiger partial charge in [0.15, 0.2) is 5.96 Å². The molecular weight excluding hydrogens is 353 g/mol. The summed E-state index contributed by atoms with van der Waals surface area (Å²) in [4.78, 5) is 7.36. The zero-order chi connectivity index (χ0) is 19.4. The minimum Gasteiger partial charge on any atom is -0.381 e. The molecule has 1 fully saturated rings. The number of ether oxygens (including phenoxy) is 1. The lowest BCUT2D eigenvalue weighted by atomic mass is 9.74. The van der Waals surface area contributed by atoms with E-state index in [4.69, 9.17) is 9.73 Å². The first-order chi connectivity index (χ1) is 13.7. The van der Waals surface area contributed by atoms with Crippen LogP contribution >= 0.6 is 0 Å². The van der Waals surface area contributed by atoms with Crippen LogP contribution in [0.1, 0.15) is 30.9 Å². The van der Waals surface area contributed by atoms with Crippen molar-refractivity contribution in [2.75, 3.05) is 37.7 Å². The first-order valence-electron chi connectivity index (χ1n) is 10.2. The quantitative estimate of drug-likeness (QED) is 0.645. The van der Waals surface area contributed by atoms with E-state index in [0.717, 1.165) is 57.1 Å². The average molecular weight is 381 g/mol. The van der Waals surface area contributed by atoms with Crippen molar-refractivity contribution in [2.45, 2.75) is 31.6 Å². The van der Waals surface area contributed by atoms with E-state index in [9.17, 15) is 4.39 Å². The lowest BCUT2D eigenvalue weighted by molar-refractivity contribution is 0.0531. The Morgan fingerprint density at radius 3 is 2.64 bits per heavy atom. The van der Waals surface area contributed by atoms with Crippen LogP contribution < -0.4 is 10.2 Å². The Kier molecular flexibility index (Phi) is 5.62. The molecule has 2 aliphatic heterocycles. The first kappa shape index (κ1) is 18.9. The topological polar surface area (TPSA) is 36.9 Å². The van der Waals surface area contributed by atoms with Crippen LogP contribution in [0, 0.1) is 5.82 Å². The van der Waals surface area contributed by atoms with Crippen LogP contribution in [-0.2, 0) is 16.6 Å². The third-order valence-corrected chi connectivity index (χ3v) is 5.92. The van der Waals surface area contributed by atoms with E-state index in [2.05, 4.69) is 41.4 Å². The largest absolute Gasteiger partial charge is 0.381 e. The van der Waals surface area contributed by atoms with E-state index >= 15 is 0 Å². The third kappa shape index (κ3) is 3.76. The van der Waals surface area contributed by atoms with E-state index in [1.807, 2.05) is 12.1 Å². The van der Waals surface area contributed by atoms with Crippen molar-refractivity contribution in [2.24, 2.45) is 4.99 Å². The lowest BCUT2D eigenvalue weighted by Crippen LogP contribution is -2.43. The lowest BCUT2D eigenvalue weighted by Gasteiger charge is -2.37. The summed E-state index contributed by atoms with van der Waals surface area (Å²) in [5.74, 6) is 0.733. The molecule has 0 unspecified atom stereocenters. The number of para-hydroxylation sites is 1. The van der Waals surface area contributed by atoms with Crippen LogP contribution in [0.5, 0.6) is 0 Å². The van der Waals surface area contributed by atoms with Gasteiger partial charge in [-0.2, -0.15) is 0 Å². The van der Waals surface area contributed by atoms with Crippen molar-refractivity contribution in [3.05, 3.63) is 65.5 Å². The Morgan fingerprint density at radius 2 is 1.89 bits per heavy atom. The van der Waals surface area contributed by atoms with Gasteiger partial charge >= 0.3 is 0 Å². The van der Waals surface area contributed by atoms with Crippen LogP contribution in [0.3, 0.4) is 0 Å². The summed E-state index contributed by atoms with van der Waals surface area (Å²) in [6, 6.07) is 15.5. The van der Waals surface area contributed by atoms with E-state index in [1.165, 1.54) is 11.3 Å². The molecule has 0 bridgehead atoms. The van der Waals surface area contributed by atoms with Gasteiger partial charge in [0.1, 0.15) is 5.82 Å². The molecule has 0 spiro atoms. The fourth-order valence-electron chi connectivity index (χ4n) is 4.28. The molecule has 1 N–H and O–H groups in total. The van der Waals surface area contributed by atoms with Crippen LogP contribution in [0.15, 0.2) is 53.5 Å². The molecule has 148 valence electrons. The second-order valence-corrected chi connectivity index (χ2v) is 7.60. The van der Waals surface area contributed by atoms with E-state index < -0.39 is 0 Å². The van der Waals surface area contributed by atoms with Crippen molar-refractivity contribution in [1.29, 1.82) is 0 Å². The normalized spacial score (nSPS) is 18.8. The molecule has 4 rings (SSSR count). The Hall–Kier alpha value is -2.40. The van der Waals surface area contributed by atoms with Crippen LogP contribution in [-0.4, -0.2) is 38.8 Å². The fraction of sp³-hybridized carbons (Fsp3) is 0.435.